The first-order valence-corrected chi connectivity index (χ1v) is 4.72. The smallest absolute Gasteiger partial charge is 0.304 e. The molecule has 1 aromatic rings. The quantitative estimate of drug-likeness (QED) is 0.690. The molecule has 1 heterocycles. The molecule has 0 saturated heterocycles. The number of nitrogens with zero attached hydrogens (tertiary/aromatic N) is 3. The molecular weight excluding hydrogens is 198 g/mol. The van der Waals surface area contributed by atoms with Crippen LogP contribution in [0.1, 0.15) is 31.5 Å². The molecule has 6 heteroatoms. The summed E-state index contributed by atoms with van der Waals surface area (Å²) in [6, 6.07) is 0. The van der Waals surface area contributed by atoms with Crippen LogP contribution < -0.4 is 0 Å². The lowest BCUT2D eigenvalue weighted by molar-refractivity contribution is -0.137. The molecule has 0 aliphatic rings. The van der Waals surface area contributed by atoms with Gasteiger partial charge in [-0.25, -0.2) is 4.98 Å². The van der Waals surface area contributed by atoms with Crippen LogP contribution >= 0.6 is 0 Å². The normalized spacial score (nSPS) is 12.3. The van der Waals surface area contributed by atoms with Crippen LogP contribution in [0.25, 0.3) is 0 Å². The van der Waals surface area contributed by atoms with E-state index in [-0.39, 0.29) is 18.8 Å². The predicted molar refractivity (Wildman–Crippen MR) is 51.4 cm³/mol. The van der Waals surface area contributed by atoms with Crippen LogP contribution in [0.3, 0.4) is 0 Å². The van der Waals surface area contributed by atoms with Crippen LogP contribution in [-0.4, -0.2) is 32.1 Å². The van der Waals surface area contributed by atoms with Crippen LogP contribution in [0.15, 0.2) is 6.33 Å². The Labute approximate surface area is 86.9 Å². The Kier molecular flexibility index (Phi) is 3.96. The first kappa shape index (κ1) is 11.4. The van der Waals surface area contributed by atoms with Crippen molar-refractivity contribution in [3.05, 3.63) is 12.2 Å². The fourth-order valence-electron chi connectivity index (χ4n) is 1.44. The van der Waals surface area contributed by atoms with E-state index < -0.39 is 5.97 Å². The fourth-order valence-corrected chi connectivity index (χ4v) is 1.44. The lowest BCUT2D eigenvalue weighted by Crippen LogP contribution is -2.13. The summed E-state index contributed by atoms with van der Waals surface area (Å²) in [6.45, 7) is 2.50. The number of aliphatic carboxylic acids is 1. The van der Waals surface area contributed by atoms with Gasteiger partial charge in [0, 0.05) is 18.9 Å². The molecule has 15 heavy (non-hydrogen) atoms. The molecule has 0 aliphatic carbocycles. The summed E-state index contributed by atoms with van der Waals surface area (Å²) < 4.78 is 1.61. The van der Waals surface area contributed by atoms with Crippen molar-refractivity contribution in [3.8, 4) is 0 Å². The zero-order chi connectivity index (χ0) is 11.3. The van der Waals surface area contributed by atoms with Crippen molar-refractivity contribution < 1.29 is 14.7 Å². The molecule has 6 nitrogen and oxygen atoms in total. The van der Waals surface area contributed by atoms with Gasteiger partial charge in [0.15, 0.2) is 0 Å². The summed E-state index contributed by atoms with van der Waals surface area (Å²) in [6.07, 6.45) is 2.14. The average molecular weight is 211 g/mol. The van der Waals surface area contributed by atoms with Crippen molar-refractivity contribution in [2.24, 2.45) is 0 Å². The van der Waals surface area contributed by atoms with Gasteiger partial charge in [0.05, 0.1) is 6.42 Å². The van der Waals surface area contributed by atoms with Crippen molar-refractivity contribution in [1.29, 1.82) is 0 Å². The number of carboxylic acids is 1. The van der Waals surface area contributed by atoms with E-state index in [4.69, 9.17) is 5.11 Å². The summed E-state index contributed by atoms with van der Waals surface area (Å²) in [5.74, 6) is -0.762. The van der Waals surface area contributed by atoms with Gasteiger partial charge in [0.25, 0.3) is 0 Å². The lowest BCUT2D eigenvalue weighted by Gasteiger charge is -2.11. The topological polar surface area (TPSA) is 85.1 Å². The first-order chi connectivity index (χ1) is 7.19. The van der Waals surface area contributed by atoms with E-state index in [1.165, 1.54) is 6.33 Å². The number of aldehydes is 1. The number of carbonyl (C=O) groups is 2. The Morgan fingerprint density at radius 2 is 2.47 bits per heavy atom. The van der Waals surface area contributed by atoms with Gasteiger partial charge in [-0.15, -0.1) is 0 Å². The zero-order valence-electron chi connectivity index (χ0n) is 8.46. The minimum Gasteiger partial charge on any atom is -0.481 e. The molecule has 1 rings (SSSR count). The molecule has 0 aliphatic heterocycles. The summed E-state index contributed by atoms with van der Waals surface area (Å²) in [5, 5.41) is 12.6. The first-order valence-electron chi connectivity index (χ1n) is 4.72. The van der Waals surface area contributed by atoms with Gasteiger partial charge in [-0.1, -0.05) is 0 Å². The van der Waals surface area contributed by atoms with Gasteiger partial charge < -0.3 is 9.90 Å². The molecule has 0 bridgehead atoms. The number of carboxylic acid groups (broad SMARTS) is 1. The number of hydrogen-bond acceptors (Lipinski definition) is 4. The number of aromatic nitrogens is 3. The van der Waals surface area contributed by atoms with Crippen molar-refractivity contribution in [2.45, 2.75) is 32.2 Å². The number of carbonyl (C=O) groups excluding carboxylic acids is 1. The number of hydrogen-bond donors (Lipinski definition) is 1. The van der Waals surface area contributed by atoms with E-state index >= 15 is 0 Å². The van der Waals surface area contributed by atoms with E-state index in [9.17, 15) is 9.59 Å². The third-order valence-corrected chi connectivity index (χ3v) is 2.11. The highest BCUT2D eigenvalue weighted by atomic mass is 16.4. The van der Waals surface area contributed by atoms with Gasteiger partial charge >= 0.3 is 5.97 Å². The zero-order valence-corrected chi connectivity index (χ0v) is 8.46. The Morgan fingerprint density at radius 3 is 3.00 bits per heavy atom. The maximum Gasteiger partial charge on any atom is 0.304 e. The van der Waals surface area contributed by atoms with Crippen molar-refractivity contribution >= 4 is 12.3 Å². The molecule has 0 spiro atoms. The molecule has 1 unspecified atom stereocenters. The molecule has 0 fully saturated rings. The minimum atomic E-state index is -0.937. The van der Waals surface area contributed by atoms with Gasteiger partial charge in [0.2, 0.25) is 0 Å². The van der Waals surface area contributed by atoms with Crippen LogP contribution in [0.5, 0.6) is 0 Å². The molecule has 0 aromatic carbocycles. The Bertz CT molecular complexity index is 348. The molecule has 0 saturated carbocycles. The summed E-state index contributed by atoms with van der Waals surface area (Å²) >= 11 is 0. The lowest BCUT2D eigenvalue weighted by atomic mass is 10.0. The molecule has 1 atom stereocenters. The molecule has 1 aromatic heterocycles. The second-order valence-corrected chi connectivity index (χ2v) is 3.13. The standard InChI is InChI=1S/C9H13N3O3/c1-2-12-9(10-6-11-12)7(3-4-13)5-8(14)15/h4,6-7H,2-3,5H2,1H3,(H,14,15). The van der Waals surface area contributed by atoms with E-state index in [1.54, 1.807) is 4.68 Å². The van der Waals surface area contributed by atoms with Crippen molar-refractivity contribution in [2.75, 3.05) is 0 Å². The van der Waals surface area contributed by atoms with Crippen molar-refractivity contribution in [3.63, 3.8) is 0 Å². The molecule has 0 radical (unpaired) electrons. The van der Waals surface area contributed by atoms with E-state index in [0.717, 1.165) is 0 Å². The maximum absolute atomic E-state index is 10.6. The largest absolute Gasteiger partial charge is 0.481 e. The predicted octanol–water partition coefficient (Wildman–Crippen LogP) is 0.445. The molecule has 82 valence electrons. The number of aryl methyl sites for hydroxylation is 1. The second kappa shape index (κ2) is 5.23. The highest BCUT2D eigenvalue weighted by Gasteiger charge is 2.20. The second-order valence-electron chi connectivity index (χ2n) is 3.13. The maximum atomic E-state index is 10.6. The highest BCUT2D eigenvalue weighted by molar-refractivity contribution is 5.68. The fraction of sp³-hybridized carbons (Fsp3) is 0.556. The highest BCUT2D eigenvalue weighted by Crippen LogP contribution is 2.20. The van der Waals surface area contributed by atoms with Gasteiger partial charge in [-0.3, -0.25) is 9.48 Å². The summed E-state index contributed by atoms with van der Waals surface area (Å²) in [4.78, 5) is 25.0. The summed E-state index contributed by atoms with van der Waals surface area (Å²) in [7, 11) is 0. The Balaban J connectivity index is 2.87. The molecular formula is C9H13N3O3. The van der Waals surface area contributed by atoms with Gasteiger partial charge in [-0.2, -0.15) is 5.10 Å². The van der Waals surface area contributed by atoms with Gasteiger partial charge in [0.1, 0.15) is 18.4 Å². The SMILES string of the molecule is CCn1ncnc1C(CC=O)CC(=O)O. The third-order valence-electron chi connectivity index (χ3n) is 2.11. The van der Waals surface area contributed by atoms with Crippen LogP contribution in [-0.2, 0) is 16.1 Å². The minimum absolute atomic E-state index is 0.0998. The Morgan fingerprint density at radius 1 is 1.73 bits per heavy atom. The molecule has 0 amide bonds. The van der Waals surface area contributed by atoms with E-state index in [2.05, 4.69) is 10.1 Å². The Hall–Kier alpha value is -1.72. The van der Waals surface area contributed by atoms with Crippen LogP contribution in [0.4, 0.5) is 0 Å². The summed E-state index contributed by atoms with van der Waals surface area (Å²) in [5.41, 5.74) is 0. The number of rotatable bonds is 6. The molecule has 1 N–H and O–H groups in total. The van der Waals surface area contributed by atoms with Crippen LogP contribution in [0.2, 0.25) is 0 Å². The van der Waals surface area contributed by atoms with Crippen molar-refractivity contribution in [1.82, 2.24) is 14.8 Å². The third kappa shape index (κ3) is 2.87. The van der Waals surface area contributed by atoms with Gasteiger partial charge in [-0.05, 0) is 6.92 Å². The average Bonchev–Trinajstić information content (AvgIpc) is 2.64. The monoisotopic (exact) mass is 211 g/mol. The van der Waals surface area contributed by atoms with E-state index in [1.807, 2.05) is 6.92 Å². The van der Waals surface area contributed by atoms with E-state index in [0.29, 0.717) is 18.7 Å². The van der Waals surface area contributed by atoms with Crippen LogP contribution in [0, 0.1) is 0 Å².